The maximum absolute atomic E-state index is 5.98. The first-order valence-corrected chi connectivity index (χ1v) is 10.6. The van der Waals surface area contributed by atoms with E-state index in [0.29, 0.717) is 0 Å². The quantitative estimate of drug-likeness (QED) is 0.409. The third-order valence-corrected chi connectivity index (χ3v) is 6.03. The molecule has 3 nitrogen and oxygen atoms in total. The summed E-state index contributed by atoms with van der Waals surface area (Å²) in [6, 6.07) is 21.2. The normalized spacial score (nSPS) is 14.7. The van der Waals surface area contributed by atoms with Crippen molar-refractivity contribution in [3.8, 4) is 11.1 Å². The zero-order valence-electron chi connectivity index (χ0n) is 16.4. The number of nitrogens with zero attached hydrogens (tertiary/aromatic N) is 3. The number of rotatable bonds is 5. The van der Waals surface area contributed by atoms with E-state index in [2.05, 4.69) is 57.0 Å². The highest BCUT2D eigenvalue weighted by molar-refractivity contribution is 6.30. The van der Waals surface area contributed by atoms with E-state index in [4.69, 9.17) is 11.6 Å². The van der Waals surface area contributed by atoms with Crippen molar-refractivity contribution in [2.75, 3.05) is 13.1 Å². The molecule has 4 aromatic rings. The smallest absolute Gasteiger partial charge is 0.0648 e. The molecule has 3 heterocycles. The fourth-order valence-corrected chi connectivity index (χ4v) is 4.32. The second-order valence-electron chi connectivity index (χ2n) is 7.87. The predicted molar refractivity (Wildman–Crippen MR) is 120 cm³/mol. The molecule has 0 radical (unpaired) electrons. The fraction of sp³-hybridized carbons (Fsp3) is 0.240. The average Bonchev–Trinajstić information content (AvgIpc) is 3.39. The number of benzene rings is 2. The Morgan fingerprint density at radius 3 is 2.38 bits per heavy atom. The SMILES string of the molecule is Clc1ccc(-c2ccc(Cn3ccc4cc(CN5CCCC5)ccc43)nc2)cc1. The molecule has 5 rings (SSSR count). The summed E-state index contributed by atoms with van der Waals surface area (Å²) in [4.78, 5) is 7.23. The first-order chi connectivity index (χ1) is 14.2. The number of likely N-dealkylation sites (tertiary alicyclic amines) is 1. The van der Waals surface area contributed by atoms with Gasteiger partial charge in [-0.1, -0.05) is 35.9 Å². The lowest BCUT2D eigenvalue weighted by Gasteiger charge is -2.14. The van der Waals surface area contributed by atoms with Crippen LogP contribution in [-0.4, -0.2) is 27.5 Å². The minimum atomic E-state index is 0.751. The molecule has 0 unspecified atom stereocenters. The van der Waals surface area contributed by atoms with Crippen molar-refractivity contribution in [1.29, 1.82) is 0 Å². The number of hydrogen-bond donors (Lipinski definition) is 0. The van der Waals surface area contributed by atoms with Gasteiger partial charge in [-0.2, -0.15) is 0 Å². The molecule has 0 N–H and O–H groups in total. The molecule has 0 atom stereocenters. The summed E-state index contributed by atoms with van der Waals surface area (Å²) >= 11 is 5.98. The van der Waals surface area contributed by atoms with E-state index in [1.807, 2.05) is 30.5 Å². The summed E-state index contributed by atoms with van der Waals surface area (Å²) in [5, 5.41) is 2.06. The summed E-state index contributed by atoms with van der Waals surface area (Å²) in [6.07, 6.45) is 6.78. The molecule has 2 aromatic heterocycles. The molecule has 29 heavy (non-hydrogen) atoms. The van der Waals surface area contributed by atoms with Gasteiger partial charge in [0.2, 0.25) is 0 Å². The zero-order valence-corrected chi connectivity index (χ0v) is 17.1. The number of halogens is 1. The molecule has 146 valence electrons. The molecule has 1 fully saturated rings. The molecule has 0 amide bonds. The van der Waals surface area contributed by atoms with Crippen molar-refractivity contribution in [1.82, 2.24) is 14.5 Å². The van der Waals surface area contributed by atoms with Gasteiger partial charge in [0.05, 0.1) is 12.2 Å². The van der Waals surface area contributed by atoms with Crippen LogP contribution in [0.25, 0.3) is 22.0 Å². The monoisotopic (exact) mass is 401 g/mol. The molecule has 0 aliphatic carbocycles. The standard InChI is InChI=1S/C25H24ClN3/c26-23-7-4-20(5-8-23)22-6-9-24(27-16-22)18-29-14-11-21-15-19(3-10-25(21)29)17-28-12-1-2-13-28/h3-11,14-16H,1-2,12-13,17-18H2. The second-order valence-corrected chi connectivity index (χ2v) is 8.30. The molecular weight excluding hydrogens is 378 g/mol. The Morgan fingerprint density at radius 1 is 0.828 bits per heavy atom. The molecule has 1 aliphatic heterocycles. The fourth-order valence-electron chi connectivity index (χ4n) is 4.19. The summed E-state index contributed by atoms with van der Waals surface area (Å²) in [5.74, 6) is 0. The molecule has 4 heteroatoms. The van der Waals surface area contributed by atoms with E-state index in [-0.39, 0.29) is 0 Å². The van der Waals surface area contributed by atoms with Gasteiger partial charge < -0.3 is 4.57 Å². The van der Waals surface area contributed by atoms with Crippen LogP contribution in [0.1, 0.15) is 24.1 Å². The van der Waals surface area contributed by atoms with Crippen molar-refractivity contribution in [2.24, 2.45) is 0 Å². The van der Waals surface area contributed by atoms with E-state index >= 15 is 0 Å². The van der Waals surface area contributed by atoms with Crippen molar-refractivity contribution in [3.05, 3.63) is 89.3 Å². The van der Waals surface area contributed by atoms with Gasteiger partial charge >= 0.3 is 0 Å². The molecular formula is C25H24ClN3. The van der Waals surface area contributed by atoms with Gasteiger partial charge in [0.25, 0.3) is 0 Å². The van der Waals surface area contributed by atoms with Crippen molar-refractivity contribution < 1.29 is 0 Å². The predicted octanol–water partition coefficient (Wildman–Crippen LogP) is 6.00. The zero-order chi connectivity index (χ0) is 19.6. The lowest BCUT2D eigenvalue weighted by molar-refractivity contribution is 0.331. The maximum Gasteiger partial charge on any atom is 0.0648 e. The van der Waals surface area contributed by atoms with Crippen LogP contribution < -0.4 is 0 Å². The second kappa shape index (κ2) is 8.02. The first kappa shape index (κ1) is 18.4. The van der Waals surface area contributed by atoms with Crippen molar-refractivity contribution >= 4 is 22.5 Å². The van der Waals surface area contributed by atoms with Gasteiger partial charge in [0.1, 0.15) is 0 Å². The van der Waals surface area contributed by atoms with Gasteiger partial charge in [-0.3, -0.25) is 9.88 Å². The highest BCUT2D eigenvalue weighted by Gasteiger charge is 2.12. The Hall–Kier alpha value is -2.62. The number of aromatic nitrogens is 2. The lowest BCUT2D eigenvalue weighted by Crippen LogP contribution is -2.18. The minimum Gasteiger partial charge on any atom is -0.341 e. The largest absolute Gasteiger partial charge is 0.341 e. The lowest BCUT2D eigenvalue weighted by atomic mass is 10.1. The number of pyridine rings is 1. The summed E-state index contributed by atoms with van der Waals surface area (Å²) in [5.41, 5.74) is 5.96. The van der Waals surface area contributed by atoms with E-state index in [0.717, 1.165) is 34.9 Å². The van der Waals surface area contributed by atoms with Gasteiger partial charge in [0.15, 0.2) is 0 Å². The Morgan fingerprint density at radius 2 is 1.62 bits per heavy atom. The van der Waals surface area contributed by atoms with Crippen LogP contribution >= 0.6 is 11.6 Å². The highest BCUT2D eigenvalue weighted by Crippen LogP contribution is 2.23. The minimum absolute atomic E-state index is 0.751. The van der Waals surface area contributed by atoms with E-state index in [1.165, 1.54) is 42.4 Å². The van der Waals surface area contributed by atoms with Crippen LogP contribution in [0.2, 0.25) is 5.02 Å². The van der Waals surface area contributed by atoms with Crippen molar-refractivity contribution in [2.45, 2.75) is 25.9 Å². The third-order valence-electron chi connectivity index (χ3n) is 5.77. The van der Waals surface area contributed by atoms with Crippen molar-refractivity contribution in [3.63, 3.8) is 0 Å². The topological polar surface area (TPSA) is 21.1 Å². The molecule has 2 aromatic carbocycles. The summed E-state index contributed by atoms with van der Waals surface area (Å²) in [6.45, 7) is 4.30. The third kappa shape index (κ3) is 4.07. The highest BCUT2D eigenvalue weighted by atomic mass is 35.5. The molecule has 0 bridgehead atoms. The van der Waals surface area contributed by atoms with Crippen LogP contribution in [0.3, 0.4) is 0 Å². The van der Waals surface area contributed by atoms with Crippen LogP contribution in [0.5, 0.6) is 0 Å². The summed E-state index contributed by atoms with van der Waals surface area (Å²) < 4.78 is 2.28. The van der Waals surface area contributed by atoms with Crippen LogP contribution in [0.15, 0.2) is 73.1 Å². The first-order valence-electron chi connectivity index (χ1n) is 10.3. The maximum atomic E-state index is 5.98. The molecule has 1 aliphatic rings. The number of fused-ring (bicyclic) bond motifs is 1. The summed E-state index contributed by atoms with van der Waals surface area (Å²) in [7, 11) is 0. The molecule has 0 spiro atoms. The average molecular weight is 402 g/mol. The van der Waals surface area contributed by atoms with E-state index in [9.17, 15) is 0 Å². The molecule has 0 saturated carbocycles. The van der Waals surface area contributed by atoms with E-state index < -0.39 is 0 Å². The van der Waals surface area contributed by atoms with Gasteiger partial charge in [0, 0.05) is 35.0 Å². The van der Waals surface area contributed by atoms with Gasteiger partial charge in [-0.25, -0.2) is 0 Å². The van der Waals surface area contributed by atoms with Crippen LogP contribution in [0, 0.1) is 0 Å². The van der Waals surface area contributed by atoms with Crippen LogP contribution in [-0.2, 0) is 13.1 Å². The van der Waals surface area contributed by atoms with E-state index in [1.54, 1.807) is 0 Å². The van der Waals surface area contributed by atoms with Gasteiger partial charge in [-0.15, -0.1) is 0 Å². The van der Waals surface area contributed by atoms with Crippen LogP contribution in [0.4, 0.5) is 0 Å². The van der Waals surface area contributed by atoms with Gasteiger partial charge in [-0.05, 0) is 78.8 Å². The Kier molecular flexibility index (Phi) is 5.09. The number of hydrogen-bond acceptors (Lipinski definition) is 2. The Balaban J connectivity index is 1.32. The molecule has 1 saturated heterocycles. The Labute approximate surface area is 176 Å². The Bertz CT molecular complexity index is 1110.